The lowest BCUT2D eigenvalue weighted by molar-refractivity contribution is 0.535. The predicted molar refractivity (Wildman–Crippen MR) is 96.9 cm³/mol. The summed E-state index contributed by atoms with van der Waals surface area (Å²) < 4.78 is 3.07. The molecular formula is C17H20ClN5O. The van der Waals surface area contributed by atoms with E-state index in [4.69, 9.17) is 11.6 Å². The number of anilines is 1. The summed E-state index contributed by atoms with van der Waals surface area (Å²) in [6, 6.07) is 13.2. The van der Waals surface area contributed by atoms with Gasteiger partial charge in [-0.1, -0.05) is 23.7 Å². The minimum atomic E-state index is -0.0896. The van der Waals surface area contributed by atoms with Gasteiger partial charge in [0.15, 0.2) is 5.65 Å². The van der Waals surface area contributed by atoms with E-state index >= 15 is 0 Å². The molecule has 0 unspecified atom stereocenters. The van der Waals surface area contributed by atoms with Gasteiger partial charge in [0.2, 0.25) is 0 Å². The number of nitrogens with one attached hydrogen (secondary N) is 2. The summed E-state index contributed by atoms with van der Waals surface area (Å²) in [7, 11) is 0. The van der Waals surface area contributed by atoms with Crippen LogP contribution < -0.4 is 16.3 Å². The molecule has 1 aromatic carbocycles. The average Bonchev–Trinajstić information content (AvgIpc) is 2.91. The molecule has 2 N–H and O–H groups in total. The van der Waals surface area contributed by atoms with Crippen LogP contribution in [-0.4, -0.2) is 33.8 Å². The SMILES string of the molecule is O=c1n(CCCNCCNc2cccc(Cl)c2)nc2ccccn12. The van der Waals surface area contributed by atoms with Gasteiger partial charge in [0.1, 0.15) is 0 Å². The Hall–Kier alpha value is -2.31. The molecule has 0 bridgehead atoms. The van der Waals surface area contributed by atoms with Crippen molar-refractivity contribution in [3.63, 3.8) is 0 Å². The number of pyridine rings is 1. The average molecular weight is 346 g/mol. The van der Waals surface area contributed by atoms with Crippen molar-refractivity contribution in [2.75, 3.05) is 25.0 Å². The van der Waals surface area contributed by atoms with Crippen LogP contribution in [0.5, 0.6) is 0 Å². The summed E-state index contributed by atoms with van der Waals surface area (Å²) in [6.45, 7) is 3.09. The Labute approximate surface area is 145 Å². The van der Waals surface area contributed by atoms with Crippen LogP contribution in [0.2, 0.25) is 5.02 Å². The van der Waals surface area contributed by atoms with Gasteiger partial charge in [-0.15, -0.1) is 5.10 Å². The summed E-state index contributed by atoms with van der Waals surface area (Å²) in [5, 5.41) is 11.7. The maximum atomic E-state index is 12.1. The molecule has 0 spiro atoms. The highest BCUT2D eigenvalue weighted by atomic mass is 35.5. The smallest absolute Gasteiger partial charge is 0.350 e. The first-order valence-electron chi connectivity index (χ1n) is 7.98. The number of aromatic nitrogens is 3. The highest BCUT2D eigenvalue weighted by molar-refractivity contribution is 6.30. The van der Waals surface area contributed by atoms with Gasteiger partial charge in [-0.2, -0.15) is 0 Å². The number of fused-ring (bicyclic) bond motifs is 1. The lowest BCUT2D eigenvalue weighted by Crippen LogP contribution is -2.26. The fourth-order valence-electron chi connectivity index (χ4n) is 2.49. The number of hydrogen-bond acceptors (Lipinski definition) is 4. The zero-order chi connectivity index (χ0) is 16.8. The summed E-state index contributed by atoms with van der Waals surface area (Å²) in [6.07, 6.45) is 2.59. The van der Waals surface area contributed by atoms with Crippen LogP contribution in [0.1, 0.15) is 6.42 Å². The topological polar surface area (TPSA) is 63.4 Å². The van der Waals surface area contributed by atoms with E-state index in [2.05, 4.69) is 15.7 Å². The predicted octanol–water partition coefficient (Wildman–Crippen LogP) is 2.24. The van der Waals surface area contributed by atoms with Crippen molar-refractivity contribution in [2.24, 2.45) is 0 Å². The second kappa shape index (κ2) is 7.99. The highest BCUT2D eigenvalue weighted by Gasteiger charge is 2.04. The summed E-state index contributed by atoms with van der Waals surface area (Å²) in [5.74, 6) is 0. The molecule has 0 radical (unpaired) electrons. The first-order chi connectivity index (χ1) is 11.7. The van der Waals surface area contributed by atoms with Crippen LogP contribution in [0.3, 0.4) is 0 Å². The number of rotatable bonds is 8. The minimum absolute atomic E-state index is 0.0896. The molecular weight excluding hydrogens is 326 g/mol. The number of halogens is 1. The third kappa shape index (κ3) is 4.15. The minimum Gasteiger partial charge on any atom is -0.384 e. The molecule has 0 saturated carbocycles. The quantitative estimate of drug-likeness (QED) is 0.615. The van der Waals surface area contributed by atoms with Crippen LogP contribution >= 0.6 is 11.6 Å². The molecule has 0 fully saturated rings. The number of nitrogens with zero attached hydrogens (tertiary/aromatic N) is 3. The molecule has 126 valence electrons. The van der Waals surface area contributed by atoms with Gasteiger partial charge in [0, 0.05) is 36.5 Å². The second-order valence-corrected chi connectivity index (χ2v) is 5.91. The van der Waals surface area contributed by atoms with E-state index in [9.17, 15) is 4.79 Å². The summed E-state index contributed by atoms with van der Waals surface area (Å²) in [4.78, 5) is 12.1. The van der Waals surface area contributed by atoms with E-state index in [1.165, 1.54) is 4.68 Å². The zero-order valence-corrected chi connectivity index (χ0v) is 14.0. The first-order valence-corrected chi connectivity index (χ1v) is 8.36. The van der Waals surface area contributed by atoms with Crippen molar-refractivity contribution in [3.8, 4) is 0 Å². The van der Waals surface area contributed by atoms with Gasteiger partial charge in [-0.25, -0.2) is 9.48 Å². The van der Waals surface area contributed by atoms with Crippen LogP contribution in [0.15, 0.2) is 53.5 Å². The van der Waals surface area contributed by atoms with Gasteiger partial charge >= 0.3 is 5.69 Å². The van der Waals surface area contributed by atoms with Crippen molar-refractivity contribution in [2.45, 2.75) is 13.0 Å². The Bertz CT molecular complexity index is 857. The highest BCUT2D eigenvalue weighted by Crippen LogP contribution is 2.14. The molecule has 2 aromatic heterocycles. The number of hydrogen-bond donors (Lipinski definition) is 2. The van der Waals surface area contributed by atoms with Crippen molar-refractivity contribution in [1.82, 2.24) is 19.5 Å². The lowest BCUT2D eigenvalue weighted by Gasteiger charge is -2.08. The molecule has 24 heavy (non-hydrogen) atoms. The summed E-state index contributed by atoms with van der Waals surface area (Å²) >= 11 is 5.94. The van der Waals surface area contributed by atoms with E-state index < -0.39 is 0 Å². The molecule has 7 heteroatoms. The third-order valence-electron chi connectivity index (χ3n) is 3.67. The maximum Gasteiger partial charge on any atom is 0.350 e. The molecule has 6 nitrogen and oxygen atoms in total. The van der Waals surface area contributed by atoms with Crippen LogP contribution in [0.4, 0.5) is 5.69 Å². The number of aryl methyl sites for hydroxylation is 1. The fraction of sp³-hybridized carbons (Fsp3) is 0.294. The number of benzene rings is 1. The maximum absolute atomic E-state index is 12.1. The molecule has 0 aliphatic carbocycles. The Balaban J connectivity index is 1.36. The second-order valence-electron chi connectivity index (χ2n) is 5.48. The van der Waals surface area contributed by atoms with Gasteiger partial charge in [-0.3, -0.25) is 4.40 Å². The Morgan fingerprint density at radius 2 is 2.00 bits per heavy atom. The van der Waals surface area contributed by atoms with Gasteiger partial charge in [-0.05, 0) is 43.3 Å². The Kier molecular flexibility index (Phi) is 5.51. The van der Waals surface area contributed by atoms with Crippen LogP contribution in [-0.2, 0) is 6.54 Å². The lowest BCUT2D eigenvalue weighted by atomic mass is 10.3. The molecule has 3 rings (SSSR count). The van der Waals surface area contributed by atoms with Crippen molar-refractivity contribution in [3.05, 3.63) is 64.2 Å². The van der Waals surface area contributed by atoms with Gasteiger partial charge in [0.25, 0.3) is 0 Å². The molecule has 0 amide bonds. The molecule has 0 saturated heterocycles. The largest absolute Gasteiger partial charge is 0.384 e. The third-order valence-corrected chi connectivity index (χ3v) is 3.90. The standard InChI is InChI=1S/C17H20ClN5O/c18-14-5-3-6-15(13-14)20-10-9-19-8-4-12-23-17(24)22-11-2-1-7-16(22)21-23/h1-3,5-7,11,13,19-20H,4,8-10,12H2. The van der Waals surface area contributed by atoms with E-state index in [1.807, 2.05) is 42.5 Å². The Morgan fingerprint density at radius 3 is 2.83 bits per heavy atom. The molecule has 3 aromatic rings. The van der Waals surface area contributed by atoms with Crippen LogP contribution in [0.25, 0.3) is 5.65 Å². The Morgan fingerprint density at radius 1 is 1.08 bits per heavy atom. The van der Waals surface area contributed by atoms with E-state index in [1.54, 1.807) is 10.6 Å². The van der Waals surface area contributed by atoms with E-state index in [0.717, 1.165) is 36.8 Å². The normalized spacial score (nSPS) is 11.0. The summed E-state index contributed by atoms with van der Waals surface area (Å²) in [5.41, 5.74) is 1.61. The molecule has 0 atom stereocenters. The molecule has 2 heterocycles. The van der Waals surface area contributed by atoms with Crippen molar-refractivity contribution < 1.29 is 0 Å². The van der Waals surface area contributed by atoms with E-state index in [-0.39, 0.29) is 5.69 Å². The fourth-order valence-corrected chi connectivity index (χ4v) is 2.68. The molecule has 0 aliphatic heterocycles. The van der Waals surface area contributed by atoms with Crippen LogP contribution in [0, 0.1) is 0 Å². The zero-order valence-electron chi connectivity index (χ0n) is 13.3. The first kappa shape index (κ1) is 16.5. The van der Waals surface area contributed by atoms with Gasteiger partial charge < -0.3 is 10.6 Å². The monoisotopic (exact) mass is 345 g/mol. The van der Waals surface area contributed by atoms with Gasteiger partial charge in [0.05, 0.1) is 0 Å². The van der Waals surface area contributed by atoms with Crippen molar-refractivity contribution >= 4 is 22.9 Å². The van der Waals surface area contributed by atoms with E-state index in [0.29, 0.717) is 12.2 Å². The molecule has 0 aliphatic rings. The van der Waals surface area contributed by atoms with Crippen molar-refractivity contribution in [1.29, 1.82) is 0 Å².